The maximum atomic E-state index is 16.2. The van der Waals surface area contributed by atoms with Gasteiger partial charge in [0.25, 0.3) is 0 Å². The van der Waals surface area contributed by atoms with Gasteiger partial charge in [0.1, 0.15) is 17.2 Å². The monoisotopic (exact) mass is 1000 g/mol. The van der Waals surface area contributed by atoms with Gasteiger partial charge in [-0.25, -0.2) is 13.6 Å². The predicted molar refractivity (Wildman–Crippen MR) is 271 cm³/mol. The number of aromatic nitrogens is 2. The first-order chi connectivity index (χ1) is 34.8. The lowest BCUT2D eigenvalue weighted by Crippen LogP contribution is -2.49. The number of anilines is 1. The highest BCUT2D eigenvalue weighted by Crippen LogP contribution is 2.58. The van der Waals surface area contributed by atoms with E-state index in [4.69, 9.17) is 31.9 Å². The molecule has 3 saturated heterocycles. The largest absolute Gasteiger partial charge is 0.494 e. The molecule has 4 N–H and O–H groups in total. The van der Waals surface area contributed by atoms with Gasteiger partial charge in [-0.05, 0) is 112 Å². The number of methoxy groups -OCH3 is 1. The van der Waals surface area contributed by atoms with Crippen LogP contribution in [0.4, 0.5) is 19.4 Å². The van der Waals surface area contributed by atoms with Crippen molar-refractivity contribution in [3.8, 4) is 22.6 Å². The Morgan fingerprint density at radius 3 is 2.36 bits per heavy atom. The number of urea groups is 1. The molecular formula is C55H63ClF2N8O6. The lowest BCUT2D eigenvalue weighted by molar-refractivity contribution is -0.138. The van der Waals surface area contributed by atoms with E-state index in [0.29, 0.717) is 42.7 Å². The lowest BCUT2D eigenvalue weighted by Gasteiger charge is -2.39. The van der Waals surface area contributed by atoms with Crippen molar-refractivity contribution in [3.05, 3.63) is 106 Å². The van der Waals surface area contributed by atoms with Gasteiger partial charge in [-0.1, -0.05) is 61.0 Å². The van der Waals surface area contributed by atoms with Crippen molar-refractivity contribution in [1.29, 1.82) is 0 Å². The van der Waals surface area contributed by atoms with Gasteiger partial charge in [0.15, 0.2) is 17.4 Å². The Morgan fingerprint density at radius 1 is 0.931 bits per heavy atom. The van der Waals surface area contributed by atoms with Gasteiger partial charge in [-0.15, -0.1) is 0 Å². The number of aryl methyl sites for hydroxylation is 1. The Morgan fingerprint density at radius 2 is 1.67 bits per heavy atom. The zero-order valence-electron chi connectivity index (χ0n) is 41.2. The molecule has 0 unspecified atom stereocenters. The van der Waals surface area contributed by atoms with Crippen LogP contribution < -0.4 is 30.7 Å². The molecule has 1 aliphatic carbocycles. The number of amides is 5. The number of benzene rings is 4. The second-order valence-corrected chi connectivity index (χ2v) is 20.8. The van der Waals surface area contributed by atoms with Crippen LogP contribution in [0.3, 0.4) is 0 Å². The third-order valence-electron chi connectivity index (χ3n) is 16.4. The summed E-state index contributed by atoms with van der Waals surface area (Å²) in [5.41, 5.74) is 8.01. The van der Waals surface area contributed by atoms with Gasteiger partial charge in [0.2, 0.25) is 17.7 Å². The van der Waals surface area contributed by atoms with E-state index in [2.05, 4.69) is 32.6 Å². The minimum atomic E-state index is -0.998. The first-order valence-electron chi connectivity index (χ1n) is 25.5. The minimum absolute atomic E-state index is 0.00325. The van der Waals surface area contributed by atoms with Gasteiger partial charge < -0.3 is 30.3 Å². The average Bonchev–Trinajstić information content (AvgIpc) is 3.87. The number of piperidine rings is 2. The summed E-state index contributed by atoms with van der Waals surface area (Å²) < 4.78 is 45.9. The van der Waals surface area contributed by atoms with Gasteiger partial charge >= 0.3 is 6.03 Å². The highest BCUT2D eigenvalue weighted by molar-refractivity contribution is 6.34. The van der Waals surface area contributed by atoms with Crippen LogP contribution >= 0.6 is 11.6 Å². The summed E-state index contributed by atoms with van der Waals surface area (Å²) in [6.07, 6.45) is 8.16. The number of carbonyl (C=O) groups excluding carboxylic acids is 4. The number of primary amides is 1. The number of halogens is 3. The zero-order valence-corrected chi connectivity index (χ0v) is 41.9. The lowest BCUT2D eigenvalue weighted by atomic mass is 9.75. The predicted octanol–water partition coefficient (Wildman–Crippen LogP) is 8.77. The number of likely N-dealkylation sites (tertiary alicyclic amines) is 2. The molecule has 0 radical (unpaired) electrons. The summed E-state index contributed by atoms with van der Waals surface area (Å²) in [6, 6.07) is 19.6. The van der Waals surface area contributed by atoms with Crippen molar-refractivity contribution >= 4 is 52.1 Å². The molecule has 4 fully saturated rings. The quantitative estimate of drug-likeness (QED) is 0.105. The normalized spacial score (nSPS) is 23.3. The Balaban J connectivity index is 0.716. The summed E-state index contributed by atoms with van der Waals surface area (Å²) in [7, 11) is 3.23. The number of nitrogens with one attached hydrogen (secondary N) is 2. The molecule has 14 nitrogen and oxygen atoms in total. The fraction of sp³-hybridized carbons (Fsp3) is 0.473. The minimum Gasteiger partial charge on any atom is -0.494 e. The van der Waals surface area contributed by atoms with Gasteiger partial charge in [-0.2, -0.15) is 5.10 Å². The molecule has 5 aliphatic rings. The third kappa shape index (κ3) is 9.19. The topological polar surface area (TPSA) is 164 Å². The number of hydrogen-bond donors (Lipinski definition) is 3. The molecule has 17 heteroatoms. The van der Waals surface area contributed by atoms with Crippen molar-refractivity contribution in [2.24, 2.45) is 24.6 Å². The molecule has 0 spiro atoms. The van der Waals surface area contributed by atoms with Crippen LogP contribution in [0.1, 0.15) is 110 Å². The van der Waals surface area contributed by atoms with E-state index in [1.807, 2.05) is 55.1 Å². The second kappa shape index (κ2) is 20.4. The summed E-state index contributed by atoms with van der Waals surface area (Å²) in [6.45, 7) is 7.46. The van der Waals surface area contributed by atoms with Crippen molar-refractivity contribution in [2.75, 3.05) is 57.8 Å². The van der Waals surface area contributed by atoms with Gasteiger partial charge in [0, 0.05) is 92.1 Å². The van der Waals surface area contributed by atoms with Gasteiger partial charge in [0.05, 0.1) is 23.2 Å². The molecule has 4 aromatic carbocycles. The van der Waals surface area contributed by atoms with Crippen LogP contribution in [0.5, 0.6) is 11.5 Å². The number of carbonyl (C=O) groups is 4. The van der Waals surface area contributed by atoms with E-state index in [1.165, 1.54) is 30.9 Å². The third-order valence-corrected chi connectivity index (χ3v) is 16.8. The number of para-hydroxylation sites is 1. The molecule has 2 atom stereocenters. The average molecular weight is 1010 g/mol. The molecule has 5 aromatic rings. The van der Waals surface area contributed by atoms with E-state index < -0.39 is 35.1 Å². The van der Waals surface area contributed by atoms with E-state index in [9.17, 15) is 19.2 Å². The highest BCUT2D eigenvalue weighted by atomic mass is 35.5. The van der Waals surface area contributed by atoms with Crippen LogP contribution in [0.25, 0.3) is 22.0 Å². The summed E-state index contributed by atoms with van der Waals surface area (Å²) in [5, 5.41) is 11.5. The molecule has 380 valence electrons. The highest BCUT2D eigenvalue weighted by Gasteiger charge is 2.50. The van der Waals surface area contributed by atoms with Crippen LogP contribution in [0, 0.1) is 23.5 Å². The van der Waals surface area contributed by atoms with E-state index >= 15 is 8.78 Å². The zero-order chi connectivity index (χ0) is 50.4. The van der Waals surface area contributed by atoms with Crippen LogP contribution in [-0.2, 0) is 22.2 Å². The molecule has 10 rings (SSSR count). The molecule has 5 heterocycles. The van der Waals surface area contributed by atoms with E-state index in [1.54, 1.807) is 4.90 Å². The molecule has 1 aromatic heterocycles. The Hall–Kier alpha value is -6.10. The molecule has 5 amide bonds. The number of ether oxygens (including phenoxy) is 2. The van der Waals surface area contributed by atoms with E-state index in [-0.39, 0.29) is 63.4 Å². The van der Waals surface area contributed by atoms with Crippen LogP contribution in [-0.4, -0.2) is 102 Å². The first-order valence-corrected chi connectivity index (χ1v) is 25.9. The number of imide groups is 1. The summed E-state index contributed by atoms with van der Waals surface area (Å²) >= 11 is 6.70. The van der Waals surface area contributed by atoms with Crippen molar-refractivity contribution in [1.82, 2.24) is 30.2 Å². The number of rotatable bonds is 13. The molecule has 1 saturated carbocycles. The molecule has 0 bridgehead atoms. The molecule has 72 heavy (non-hydrogen) atoms. The van der Waals surface area contributed by atoms with Gasteiger partial charge in [-0.3, -0.25) is 29.3 Å². The SMILES string of the molecule is COc1ccc(C(N)=O)c(-c2c(Cl)c(F)cc3c2[C@H](C)[C@@](CCNC2CCC(C(=O)N4CCC(CN5CCC(c6cccc7c(N8CCC(=O)NC8=O)nn(C)c67)CC5)CC4)CC2)(c2ccccc2)O3)c1F. The Kier molecular flexibility index (Phi) is 14.0. The van der Waals surface area contributed by atoms with Crippen molar-refractivity contribution < 1.29 is 37.4 Å². The smallest absolute Gasteiger partial charge is 0.329 e. The number of fused-ring (bicyclic) bond motifs is 2. The molecular weight excluding hydrogens is 942 g/mol. The molecule has 4 aliphatic heterocycles. The fourth-order valence-corrected chi connectivity index (χ4v) is 12.8. The summed E-state index contributed by atoms with van der Waals surface area (Å²) in [4.78, 5) is 57.4. The fourth-order valence-electron chi connectivity index (χ4n) is 12.5. The Bertz CT molecular complexity index is 2890. The number of hydrogen-bond acceptors (Lipinski definition) is 9. The maximum absolute atomic E-state index is 16.2. The maximum Gasteiger partial charge on any atom is 0.329 e. The number of nitrogens with zero attached hydrogens (tertiary/aromatic N) is 5. The van der Waals surface area contributed by atoms with Crippen molar-refractivity contribution in [2.45, 2.75) is 94.6 Å². The van der Waals surface area contributed by atoms with Crippen molar-refractivity contribution in [3.63, 3.8) is 0 Å². The summed E-state index contributed by atoms with van der Waals surface area (Å²) in [5.74, 6) is -1.45. The van der Waals surface area contributed by atoms with Crippen LogP contribution in [0.2, 0.25) is 5.02 Å². The first kappa shape index (κ1) is 49.5. The second-order valence-electron chi connectivity index (χ2n) is 20.4. The van der Waals surface area contributed by atoms with Crippen LogP contribution in [0.15, 0.2) is 66.7 Å². The number of nitrogens with two attached hydrogens (primary N) is 1. The Labute approximate surface area is 423 Å². The van der Waals surface area contributed by atoms with E-state index in [0.717, 1.165) is 101 Å². The standard InChI is InChI=1S/C55H63ClF2N8O6/c1-32-45-43(30-41(57)48(56)47(45)46-39(51(59)68)16-17-42(71-3)49(46)58)72-55(32,36-8-5-4-6-9-36)23-24-60-37-14-12-35(13-15-37)53(69)65-27-18-33(19-28-65)31-64-25-20-34(21-26-64)38-10-7-11-40-50(38)63(2)62-52(40)66-29-22-44(67)61-54(66)70/h4-11,16-17,30,32-35,37,60H,12-15,18-29,31H2,1-3H3,(H2,59,68)(H,61,67,70)/t32-,35?,37?,55-/m0/s1.